The molecule has 0 bridgehead atoms. The molecule has 2 rings (SSSR count). The molecule has 110 valence electrons. The summed E-state index contributed by atoms with van der Waals surface area (Å²) >= 11 is 0. The summed E-state index contributed by atoms with van der Waals surface area (Å²) in [5, 5.41) is 6.41. The van der Waals surface area contributed by atoms with Gasteiger partial charge in [-0.15, -0.1) is 0 Å². The lowest BCUT2D eigenvalue weighted by molar-refractivity contribution is 0.0943. The predicted octanol–water partition coefficient (Wildman–Crippen LogP) is 2.51. The van der Waals surface area contributed by atoms with Crippen molar-refractivity contribution in [2.24, 2.45) is 5.73 Å². The van der Waals surface area contributed by atoms with Gasteiger partial charge >= 0.3 is 0 Å². The number of nitrogens with two attached hydrogens (primary N) is 1. The Balaban J connectivity index is 2.00. The molecule has 0 aliphatic heterocycles. The van der Waals surface area contributed by atoms with Crippen LogP contribution < -0.4 is 16.4 Å². The third-order valence-corrected chi connectivity index (χ3v) is 3.63. The molecule has 0 aromatic heterocycles. The minimum Gasteiger partial charge on any atom is -0.382 e. The zero-order valence-electron chi connectivity index (χ0n) is 12.4. The lowest BCUT2D eigenvalue weighted by Crippen LogP contribution is -2.35. The van der Waals surface area contributed by atoms with E-state index in [2.05, 4.69) is 10.6 Å². The maximum absolute atomic E-state index is 12.0. The number of hydrogen-bond donors (Lipinski definition) is 3. The van der Waals surface area contributed by atoms with E-state index in [-0.39, 0.29) is 11.9 Å². The molecule has 4 nitrogen and oxygen atoms in total. The molecule has 0 radical (unpaired) electrons. The molecule has 20 heavy (non-hydrogen) atoms. The molecule has 2 unspecified atom stereocenters. The second-order valence-electron chi connectivity index (χ2n) is 5.98. The summed E-state index contributed by atoms with van der Waals surface area (Å²) in [6.07, 6.45) is 4.44. The van der Waals surface area contributed by atoms with Crippen LogP contribution in [0.4, 0.5) is 5.69 Å². The van der Waals surface area contributed by atoms with Crippen molar-refractivity contribution in [1.29, 1.82) is 0 Å². The number of rotatable bonds is 4. The summed E-state index contributed by atoms with van der Waals surface area (Å²) in [6.45, 7) is 3.92. The van der Waals surface area contributed by atoms with Gasteiger partial charge in [-0.05, 0) is 57.7 Å². The van der Waals surface area contributed by atoms with E-state index in [1.807, 2.05) is 38.1 Å². The molecule has 0 saturated heterocycles. The number of hydrogen-bond acceptors (Lipinski definition) is 3. The van der Waals surface area contributed by atoms with Crippen LogP contribution in [0.3, 0.4) is 0 Å². The van der Waals surface area contributed by atoms with Gasteiger partial charge < -0.3 is 16.4 Å². The SMILES string of the molecule is CC(C)NC(=O)c1cccc(NC2CCCC(N)C2)c1. The number of carbonyl (C=O) groups is 1. The molecule has 4 N–H and O–H groups in total. The number of amides is 1. The van der Waals surface area contributed by atoms with Gasteiger partial charge in [0.05, 0.1) is 0 Å². The fraction of sp³-hybridized carbons (Fsp3) is 0.562. The molecule has 1 aromatic rings. The average Bonchev–Trinajstić information content (AvgIpc) is 2.38. The smallest absolute Gasteiger partial charge is 0.251 e. The average molecular weight is 275 g/mol. The fourth-order valence-electron chi connectivity index (χ4n) is 2.69. The molecule has 4 heteroatoms. The van der Waals surface area contributed by atoms with E-state index in [9.17, 15) is 4.79 Å². The number of nitrogens with one attached hydrogen (secondary N) is 2. The van der Waals surface area contributed by atoms with Crippen LogP contribution in [0.5, 0.6) is 0 Å². The Bertz CT molecular complexity index is 459. The summed E-state index contributed by atoms with van der Waals surface area (Å²) < 4.78 is 0. The van der Waals surface area contributed by atoms with Crippen LogP contribution in [0.2, 0.25) is 0 Å². The molecule has 1 aliphatic carbocycles. The third-order valence-electron chi connectivity index (χ3n) is 3.63. The molecule has 1 saturated carbocycles. The first-order chi connectivity index (χ1) is 9.54. The van der Waals surface area contributed by atoms with E-state index in [1.54, 1.807) is 0 Å². The maximum atomic E-state index is 12.0. The molecule has 1 aliphatic rings. The highest BCUT2D eigenvalue weighted by atomic mass is 16.1. The first kappa shape index (κ1) is 14.9. The monoisotopic (exact) mass is 275 g/mol. The molecular weight excluding hydrogens is 250 g/mol. The molecule has 1 amide bonds. The highest BCUT2D eigenvalue weighted by Crippen LogP contribution is 2.21. The Morgan fingerprint density at radius 1 is 1.35 bits per heavy atom. The second kappa shape index (κ2) is 6.75. The van der Waals surface area contributed by atoms with Crippen molar-refractivity contribution < 1.29 is 4.79 Å². The van der Waals surface area contributed by atoms with E-state index < -0.39 is 0 Å². The van der Waals surface area contributed by atoms with E-state index >= 15 is 0 Å². The van der Waals surface area contributed by atoms with Crippen LogP contribution in [0.15, 0.2) is 24.3 Å². The number of benzene rings is 1. The minimum absolute atomic E-state index is 0.0241. The first-order valence-electron chi connectivity index (χ1n) is 7.47. The van der Waals surface area contributed by atoms with Crippen LogP contribution in [0.1, 0.15) is 49.9 Å². The van der Waals surface area contributed by atoms with Gasteiger partial charge in [-0.3, -0.25) is 4.79 Å². The summed E-state index contributed by atoms with van der Waals surface area (Å²) in [5.74, 6) is -0.0241. The Morgan fingerprint density at radius 2 is 2.15 bits per heavy atom. The number of carbonyl (C=O) groups excluding carboxylic acids is 1. The Labute approximate surface area is 121 Å². The molecule has 0 spiro atoms. The molecule has 0 heterocycles. The Kier molecular flexibility index (Phi) is 5.01. The van der Waals surface area contributed by atoms with E-state index in [0.29, 0.717) is 17.6 Å². The quantitative estimate of drug-likeness (QED) is 0.791. The van der Waals surface area contributed by atoms with Crippen molar-refractivity contribution in [2.75, 3.05) is 5.32 Å². The summed E-state index contributed by atoms with van der Waals surface area (Å²) in [5.41, 5.74) is 7.71. The van der Waals surface area contributed by atoms with Crippen LogP contribution in [0.25, 0.3) is 0 Å². The summed E-state index contributed by atoms with van der Waals surface area (Å²) in [6, 6.07) is 8.55. The Hall–Kier alpha value is -1.55. The standard InChI is InChI=1S/C16H25N3O/c1-11(2)18-16(20)12-5-3-7-14(9-12)19-15-8-4-6-13(17)10-15/h3,5,7,9,11,13,15,19H,4,6,8,10,17H2,1-2H3,(H,18,20). The van der Waals surface area contributed by atoms with E-state index in [4.69, 9.17) is 5.73 Å². The first-order valence-corrected chi connectivity index (χ1v) is 7.47. The molecular formula is C16H25N3O. The largest absolute Gasteiger partial charge is 0.382 e. The van der Waals surface area contributed by atoms with Crippen molar-refractivity contribution in [1.82, 2.24) is 5.32 Å². The topological polar surface area (TPSA) is 67.2 Å². The Morgan fingerprint density at radius 3 is 2.85 bits per heavy atom. The van der Waals surface area contributed by atoms with Gasteiger partial charge in [0.15, 0.2) is 0 Å². The van der Waals surface area contributed by atoms with Crippen LogP contribution in [0, 0.1) is 0 Å². The lowest BCUT2D eigenvalue weighted by Gasteiger charge is -2.28. The van der Waals surface area contributed by atoms with Gasteiger partial charge in [0.25, 0.3) is 5.91 Å². The van der Waals surface area contributed by atoms with Gasteiger partial charge in [0, 0.05) is 29.4 Å². The van der Waals surface area contributed by atoms with Crippen molar-refractivity contribution in [2.45, 2.75) is 57.7 Å². The summed E-state index contributed by atoms with van der Waals surface area (Å²) in [4.78, 5) is 12.0. The zero-order chi connectivity index (χ0) is 14.5. The van der Waals surface area contributed by atoms with Gasteiger partial charge in [-0.2, -0.15) is 0 Å². The zero-order valence-corrected chi connectivity index (χ0v) is 12.4. The number of anilines is 1. The van der Waals surface area contributed by atoms with Crippen molar-refractivity contribution in [3.63, 3.8) is 0 Å². The van der Waals surface area contributed by atoms with E-state index in [1.165, 1.54) is 6.42 Å². The van der Waals surface area contributed by atoms with Crippen LogP contribution in [-0.2, 0) is 0 Å². The van der Waals surface area contributed by atoms with Crippen molar-refractivity contribution in [3.05, 3.63) is 29.8 Å². The normalized spacial score (nSPS) is 22.6. The van der Waals surface area contributed by atoms with Crippen LogP contribution >= 0.6 is 0 Å². The predicted molar refractivity (Wildman–Crippen MR) is 82.9 cm³/mol. The van der Waals surface area contributed by atoms with Crippen molar-refractivity contribution in [3.8, 4) is 0 Å². The van der Waals surface area contributed by atoms with E-state index in [0.717, 1.165) is 24.9 Å². The molecule has 1 aromatic carbocycles. The van der Waals surface area contributed by atoms with Gasteiger partial charge in [-0.1, -0.05) is 6.07 Å². The highest BCUT2D eigenvalue weighted by Gasteiger charge is 2.19. The van der Waals surface area contributed by atoms with Crippen molar-refractivity contribution >= 4 is 11.6 Å². The molecule has 1 fully saturated rings. The maximum Gasteiger partial charge on any atom is 0.251 e. The lowest BCUT2D eigenvalue weighted by atomic mass is 9.91. The second-order valence-corrected chi connectivity index (χ2v) is 5.98. The van der Waals surface area contributed by atoms with Gasteiger partial charge in [-0.25, -0.2) is 0 Å². The van der Waals surface area contributed by atoms with Crippen LogP contribution in [-0.4, -0.2) is 24.0 Å². The van der Waals surface area contributed by atoms with Gasteiger partial charge in [0.2, 0.25) is 0 Å². The molecule has 2 atom stereocenters. The van der Waals surface area contributed by atoms with Gasteiger partial charge in [0.1, 0.15) is 0 Å². The summed E-state index contributed by atoms with van der Waals surface area (Å²) in [7, 11) is 0. The minimum atomic E-state index is -0.0241. The fourth-order valence-corrected chi connectivity index (χ4v) is 2.69. The third kappa shape index (κ3) is 4.23. The highest BCUT2D eigenvalue weighted by molar-refractivity contribution is 5.95.